The Kier molecular flexibility index (Phi) is 6.91. The predicted octanol–water partition coefficient (Wildman–Crippen LogP) is 4.34. The zero-order valence-corrected chi connectivity index (χ0v) is 23.5. The highest BCUT2D eigenvalue weighted by Crippen LogP contribution is 2.38. The Morgan fingerprint density at radius 1 is 1.27 bits per heavy atom. The number of ether oxygens (including phenoxy) is 4. The van der Waals surface area contributed by atoms with Crippen LogP contribution >= 0.6 is 38.9 Å². The number of thiazole rings is 1. The number of halogens is 2. The zero-order chi connectivity index (χ0) is 26.4. The van der Waals surface area contributed by atoms with E-state index in [4.69, 9.17) is 30.5 Å². The summed E-state index contributed by atoms with van der Waals surface area (Å²) in [6.07, 6.45) is 1.34. The van der Waals surface area contributed by atoms with Crippen molar-refractivity contribution >= 4 is 50.9 Å². The number of aromatic nitrogens is 1. The largest absolute Gasteiger partial charge is 0.496 e. The van der Waals surface area contributed by atoms with E-state index >= 15 is 0 Å². The van der Waals surface area contributed by atoms with Gasteiger partial charge in [-0.1, -0.05) is 38.9 Å². The summed E-state index contributed by atoms with van der Waals surface area (Å²) in [5, 5.41) is 0.415. The molecule has 0 aliphatic carbocycles. The molecule has 2 aromatic carbocycles. The van der Waals surface area contributed by atoms with Gasteiger partial charge in [0.25, 0.3) is 5.56 Å². The first-order valence-electron chi connectivity index (χ1n) is 11.3. The lowest BCUT2D eigenvalue weighted by atomic mass is 9.95. The van der Waals surface area contributed by atoms with Crippen molar-refractivity contribution in [2.75, 3.05) is 13.9 Å². The van der Waals surface area contributed by atoms with Gasteiger partial charge < -0.3 is 18.9 Å². The molecule has 2 aliphatic rings. The van der Waals surface area contributed by atoms with Gasteiger partial charge in [-0.3, -0.25) is 9.36 Å². The number of carbonyl (C=O) groups excluding carboxylic acids is 1. The summed E-state index contributed by atoms with van der Waals surface area (Å²) < 4.78 is 24.7. The van der Waals surface area contributed by atoms with Crippen LogP contribution in [-0.2, 0) is 9.53 Å². The Hall–Kier alpha value is -3.08. The van der Waals surface area contributed by atoms with Crippen LogP contribution in [0.1, 0.15) is 37.9 Å². The summed E-state index contributed by atoms with van der Waals surface area (Å²) in [5.74, 6) is 1.08. The van der Waals surface area contributed by atoms with Crippen molar-refractivity contribution in [2.24, 2.45) is 4.99 Å². The molecule has 0 radical (unpaired) electrons. The number of benzene rings is 2. The summed E-state index contributed by atoms with van der Waals surface area (Å²) in [6.45, 7) is 5.39. The van der Waals surface area contributed by atoms with Gasteiger partial charge in [-0.05, 0) is 56.7 Å². The Labute approximate surface area is 229 Å². The smallest absolute Gasteiger partial charge is 0.338 e. The van der Waals surface area contributed by atoms with Crippen LogP contribution in [0.3, 0.4) is 0 Å². The fraction of sp³-hybridized carbons (Fsp3) is 0.269. The lowest BCUT2D eigenvalue weighted by Gasteiger charge is -2.26. The molecule has 5 rings (SSSR count). The number of rotatable bonds is 5. The molecule has 3 aromatic rings. The first-order chi connectivity index (χ1) is 17.7. The van der Waals surface area contributed by atoms with E-state index in [9.17, 15) is 9.59 Å². The monoisotopic (exact) mass is 604 g/mol. The van der Waals surface area contributed by atoms with Crippen LogP contribution in [0.5, 0.6) is 17.2 Å². The average molecular weight is 606 g/mol. The normalized spacial score (nSPS) is 16.6. The maximum absolute atomic E-state index is 13.9. The van der Waals surface area contributed by atoms with Gasteiger partial charge in [0.15, 0.2) is 16.3 Å². The number of allylic oxidation sites excluding steroid dienone is 1. The fourth-order valence-corrected chi connectivity index (χ4v) is 5.88. The van der Waals surface area contributed by atoms with Crippen molar-refractivity contribution in [3.63, 3.8) is 0 Å². The van der Waals surface area contributed by atoms with E-state index in [2.05, 4.69) is 20.9 Å². The number of hydrogen-bond acceptors (Lipinski definition) is 8. The van der Waals surface area contributed by atoms with E-state index < -0.39 is 12.0 Å². The van der Waals surface area contributed by atoms with Crippen LogP contribution in [0.2, 0.25) is 5.02 Å². The Morgan fingerprint density at radius 2 is 2.00 bits per heavy atom. The molecule has 37 heavy (non-hydrogen) atoms. The zero-order valence-electron chi connectivity index (χ0n) is 20.3. The second kappa shape index (κ2) is 10.00. The molecular weight excluding hydrogens is 584 g/mol. The number of fused-ring (bicyclic) bond motifs is 2. The third kappa shape index (κ3) is 4.69. The standard InChI is InChI=1S/C26H22BrClN2O6S/c1-12(2)36-25(32)22-13(3)29-26-30(23(22)16-9-15(27)5-6-18(16)33-4)24(31)21(37-26)8-14-7-19-20(10-17(14)28)35-11-34-19/h5-10,12,23H,11H2,1-4H3/b21-8-/t23-/m0/s1. The van der Waals surface area contributed by atoms with E-state index in [0.29, 0.717) is 48.4 Å². The van der Waals surface area contributed by atoms with Crippen LogP contribution < -0.4 is 29.1 Å². The molecule has 1 aromatic heterocycles. The number of nitrogens with zero attached hydrogens (tertiary/aromatic N) is 2. The summed E-state index contributed by atoms with van der Waals surface area (Å²) in [5.41, 5.74) is 1.63. The molecular formula is C26H22BrClN2O6S. The molecule has 8 nitrogen and oxygen atoms in total. The highest BCUT2D eigenvalue weighted by molar-refractivity contribution is 9.10. The quantitative estimate of drug-likeness (QED) is 0.402. The topological polar surface area (TPSA) is 88.4 Å². The first kappa shape index (κ1) is 25.6. The molecule has 11 heteroatoms. The number of carbonyl (C=O) groups is 1. The maximum Gasteiger partial charge on any atom is 0.338 e. The maximum atomic E-state index is 13.9. The van der Waals surface area contributed by atoms with Gasteiger partial charge in [0, 0.05) is 16.1 Å². The second-order valence-corrected chi connectivity index (χ2v) is 11.0. The minimum Gasteiger partial charge on any atom is -0.496 e. The number of esters is 1. The van der Waals surface area contributed by atoms with Crippen molar-refractivity contribution in [3.05, 3.63) is 81.9 Å². The molecule has 3 heterocycles. The van der Waals surface area contributed by atoms with Crippen LogP contribution in [-0.4, -0.2) is 30.5 Å². The van der Waals surface area contributed by atoms with Crippen molar-refractivity contribution in [1.29, 1.82) is 0 Å². The third-order valence-corrected chi connectivity index (χ3v) is 7.65. The molecule has 0 amide bonds. The molecule has 0 unspecified atom stereocenters. The molecule has 0 N–H and O–H groups in total. The van der Waals surface area contributed by atoms with E-state index in [-0.39, 0.29) is 24.0 Å². The van der Waals surface area contributed by atoms with E-state index in [1.807, 2.05) is 12.1 Å². The first-order valence-corrected chi connectivity index (χ1v) is 13.3. The fourth-order valence-electron chi connectivity index (χ4n) is 4.26. The van der Waals surface area contributed by atoms with Crippen LogP contribution in [0.15, 0.2) is 55.9 Å². The Morgan fingerprint density at radius 3 is 2.70 bits per heavy atom. The minimum absolute atomic E-state index is 0.111. The van der Waals surface area contributed by atoms with Crippen molar-refractivity contribution in [1.82, 2.24) is 4.57 Å². The van der Waals surface area contributed by atoms with Gasteiger partial charge in [0.1, 0.15) is 11.8 Å². The summed E-state index contributed by atoms with van der Waals surface area (Å²) in [7, 11) is 1.54. The summed E-state index contributed by atoms with van der Waals surface area (Å²) in [4.78, 5) is 32.3. The van der Waals surface area contributed by atoms with Crippen LogP contribution in [0.4, 0.5) is 0 Å². The summed E-state index contributed by atoms with van der Waals surface area (Å²) >= 11 is 11.2. The molecule has 0 fully saturated rings. The van der Waals surface area contributed by atoms with Gasteiger partial charge in [-0.15, -0.1) is 0 Å². The number of hydrogen-bond donors (Lipinski definition) is 0. The summed E-state index contributed by atoms with van der Waals surface area (Å²) in [6, 6.07) is 8.01. The lowest BCUT2D eigenvalue weighted by Crippen LogP contribution is -2.40. The molecule has 192 valence electrons. The van der Waals surface area contributed by atoms with Crippen LogP contribution in [0.25, 0.3) is 6.08 Å². The van der Waals surface area contributed by atoms with Gasteiger partial charge >= 0.3 is 5.97 Å². The Bertz CT molecular complexity index is 1640. The molecule has 0 saturated heterocycles. The highest BCUT2D eigenvalue weighted by atomic mass is 79.9. The van der Waals surface area contributed by atoms with Gasteiger partial charge in [0.2, 0.25) is 6.79 Å². The Balaban J connectivity index is 1.75. The van der Waals surface area contributed by atoms with E-state index in [1.165, 1.54) is 15.9 Å². The van der Waals surface area contributed by atoms with Gasteiger partial charge in [-0.25, -0.2) is 9.79 Å². The van der Waals surface area contributed by atoms with Crippen LogP contribution in [0, 0.1) is 0 Å². The number of methoxy groups -OCH3 is 1. The van der Waals surface area contributed by atoms with E-state index in [1.54, 1.807) is 52.2 Å². The van der Waals surface area contributed by atoms with Gasteiger partial charge in [-0.2, -0.15) is 0 Å². The van der Waals surface area contributed by atoms with Crippen molar-refractivity contribution in [2.45, 2.75) is 32.9 Å². The highest BCUT2D eigenvalue weighted by Gasteiger charge is 2.35. The molecule has 2 aliphatic heterocycles. The molecule has 1 atom stereocenters. The third-order valence-electron chi connectivity index (χ3n) is 5.85. The second-order valence-electron chi connectivity index (χ2n) is 8.65. The molecule has 0 spiro atoms. The lowest BCUT2D eigenvalue weighted by molar-refractivity contribution is -0.143. The SMILES string of the molecule is COc1ccc(Br)cc1[C@H]1C(C(=O)OC(C)C)=C(C)N=c2s/c(=C\c3cc4c(cc3Cl)OCO4)c(=O)n21. The molecule has 0 bridgehead atoms. The van der Waals surface area contributed by atoms with E-state index in [0.717, 1.165) is 4.47 Å². The molecule has 0 saturated carbocycles. The minimum atomic E-state index is -0.815. The van der Waals surface area contributed by atoms with Crippen molar-refractivity contribution in [3.8, 4) is 17.2 Å². The predicted molar refractivity (Wildman–Crippen MR) is 143 cm³/mol. The van der Waals surface area contributed by atoms with Crippen molar-refractivity contribution < 1.29 is 23.7 Å². The average Bonchev–Trinajstić information content (AvgIpc) is 3.41. The van der Waals surface area contributed by atoms with Gasteiger partial charge in [0.05, 0.1) is 34.0 Å².